The summed E-state index contributed by atoms with van der Waals surface area (Å²) in [6.07, 6.45) is 1.09. The minimum absolute atomic E-state index is 0.0171. The Morgan fingerprint density at radius 1 is 1.25 bits per heavy atom. The van der Waals surface area contributed by atoms with Gasteiger partial charge >= 0.3 is 5.97 Å². The Morgan fingerprint density at radius 2 is 1.75 bits per heavy atom. The first kappa shape index (κ1) is 11.5. The molecule has 12 heavy (non-hydrogen) atoms. The van der Waals surface area contributed by atoms with Gasteiger partial charge in [0.15, 0.2) is 0 Å². The number of carbonyl (C=O) groups excluding carboxylic acids is 1. The average molecular weight is 172 g/mol. The Kier molecular flexibility index (Phi) is 4.95. The first-order valence-electron chi connectivity index (χ1n) is 4.69. The van der Waals surface area contributed by atoms with Crippen LogP contribution in [-0.2, 0) is 9.53 Å². The molecule has 0 aliphatic heterocycles. The SMILES string of the molecule is CCC(C)C(C)OC(=O)C(C)C. The molecule has 0 amide bonds. The van der Waals surface area contributed by atoms with Crippen LogP contribution in [0.1, 0.15) is 41.0 Å². The van der Waals surface area contributed by atoms with Crippen molar-refractivity contribution in [2.75, 3.05) is 0 Å². The summed E-state index contributed by atoms with van der Waals surface area (Å²) < 4.78 is 5.23. The van der Waals surface area contributed by atoms with Crippen LogP contribution in [0, 0.1) is 11.8 Å². The molecule has 72 valence electrons. The molecule has 0 aromatic rings. The minimum Gasteiger partial charge on any atom is -0.462 e. The highest BCUT2D eigenvalue weighted by Crippen LogP contribution is 2.12. The number of rotatable bonds is 4. The van der Waals surface area contributed by atoms with E-state index in [1.807, 2.05) is 20.8 Å². The molecule has 2 unspecified atom stereocenters. The quantitative estimate of drug-likeness (QED) is 0.609. The standard InChI is InChI=1S/C10H20O2/c1-6-8(4)9(5)12-10(11)7(2)3/h7-9H,6H2,1-5H3. The van der Waals surface area contributed by atoms with Crippen LogP contribution in [0.2, 0.25) is 0 Å². The highest BCUT2D eigenvalue weighted by atomic mass is 16.5. The molecule has 2 atom stereocenters. The van der Waals surface area contributed by atoms with E-state index in [1.165, 1.54) is 0 Å². The van der Waals surface area contributed by atoms with Crippen molar-refractivity contribution >= 4 is 5.97 Å². The predicted molar refractivity (Wildman–Crippen MR) is 49.8 cm³/mol. The van der Waals surface area contributed by atoms with Gasteiger partial charge in [-0.2, -0.15) is 0 Å². The number of esters is 1. The van der Waals surface area contributed by atoms with Crippen molar-refractivity contribution < 1.29 is 9.53 Å². The largest absolute Gasteiger partial charge is 0.462 e. The first-order valence-corrected chi connectivity index (χ1v) is 4.69. The molecule has 0 aliphatic rings. The maximum Gasteiger partial charge on any atom is 0.308 e. The average Bonchev–Trinajstić information content (AvgIpc) is 2.02. The van der Waals surface area contributed by atoms with Crippen molar-refractivity contribution in [3.63, 3.8) is 0 Å². The number of hydrogen-bond donors (Lipinski definition) is 0. The molecule has 0 aliphatic carbocycles. The second-order valence-electron chi connectivity index (χ2n) is 3.68. The van der Waals surface area contributed by atoms with Crippen LogP contribution in [0.4, 0.5) is 0 Å². The van der Waals surface area contributed by atoms with Crippen molar-refractivity contribution in [3.8, 4) is 0 Å². The molecule has 0 aromatic carbocycles. The molecule has 0 N–H and O–H groups in total. The molecular formula is C10H20O2. The van der Waals surface area contributed by atoms with Crippen LogP contribution < -0.4 is 0 Å². The van der Waals surface area contributed by atoms with Gasteiger partial charge in [0.25, 0.3) is 0 Å². The summed E-state index contributed by atoms with van der Waals surface area (Å²) in [4.78, 5) is 11.2. The third-order valence-electron chi connectivity index (χ3n) is 2.22. The van der Waals surface area contributed by atoms with E-state index in [1.54, 1.807) is 0 Å². The van der Waals surface area contributed by atoms with E-state index in [0.717, 1.165) is 6.42 Å². The van der Waals surface area contributed by atoms with Gasteiger partial charge in [-0.1, -0.05) is 34.1 Å². The zero-order chi connectivity index (χ0) is 9.72. The highest BCUT2D eigenvalue weighted by molar-refractivity contribution is 5.71. The summed E-state index contributed by atoms with van der Waals surface area (Å²) in [6.45, 7) is 9.86. The van der Waals surface area contributed by atoms with Crippen LogP contribution in [-0.4, -0.2) is 12.1 Å². The van der Waals surface area contributed by atoms with E-state index in [-0.39, 0.29) is 18.0 Å². The lowest BCUT2D eigenvalue weighted by Crippen LogP contribution is -2.24. The normalized spacial score (nSPS) is 15.8. The van der Waals surface area contributed by atoms with Crippen molar-refractivity contribution in [2.45, 2.75) is 47.1 Å². The van der Waals surface area contributed by atoms with Gasteiger partial charge in [-0.05, 0) is 12.8 Å². The Balaban J connectivity index is 3.83. The molecule has 0 rings (SSSR count). The summed E-state index contributed by atoms with van der Waals surface area (Å²) in [5, 5.41) is 0. The number of ether oxygens (including phenoxy) is 1. The fourth-order valence-electron chi connectivity index (χ4n) is 0.767. The molecule has 0 saturated carbocycles. The third-order valence-corrected chi connectivity index (χ3v) is 2.22. The Labute approximate surface area is 75.3 Å². The minimum atomic E-state index is -0.0946. The second kappa shape index (κ2) is 5.18. The van der Waals surface area contributed by atoms with E-state index < -0.39 is 0 Å². The summed E-state index contributed by atoms with van der Waals surface area (Å²) in [5.74, 6) is 0.340. The van der Waals surface area contributed by atoms with E-state index >= 15 is 0 Å². The van der Waals surface area contributed by atoms with Crippen LogP contribution in [0.15, 0.2) is 0 Å². The molecule has 2 nitrogen and oxygen atoms in total. The number of hydrogen-bond acceptors (Lipinski definition) is 2. The summed E-state index contributed by atoms with van der Waals surface area (Å²) in [5.41, 5.74) is 0. The van der Waals surface area contributed by atoms with E-state index in [0.29, 0.717) is 5.92 Å². The molecule has 0 aromatic heterocycles. The van der Waals surface area contributed by atoms with Gasteiger partial charge in [0, 0.05) is 0 Å². The first-order chi connectivity index (χ1) is 5.49. The molecule has 0 saturated heterocycles. The van der Waals surface area contributed by atoms with Gasteiger partial charge in [0.1, 0.15) is 6.10 Å². The van der Waals surface area contributed by atoms with E-state index in [2.05, 4.69) is 13.8 Å². The van der Waals surface area contributed by atoms with Crippen LogP contribution >= 0.6 is 0 Å². The van der Waals surface area contributed by atoms with Crippen molar-refractivity contribution in [1.82, 2.24) is 0 Å². The summed E-state index contributed by atoms with van der Waals surface area (Å²) in [7, 11) is 0. The summed E-state index contributed by atoms with van der Waals surface area (Å²) >= 11 is 0. The van der Waals surface area contributed by atoms with Gasteiger partial charge in [0.05, 0.1) is 5.92 Å². The Bertz CT molecular complexity index is 141. The lowest BCUT2D eigenvalue weighted by molar-refractivity contribution is -0.154. The smallest absolute Gasteiger partial charge is 0.308 e. The van der Waals surface area contributed by atoms with Gasteiger partial charge in [-0.25, -0.2) is 0 Å². The van der Waals surface area contributed by atoms with E-state index in [9.17, 15) is 4.79 Å². The molecule has 0 spiro atoms. The fraction of sp³-hybridized carbons (Fsp3) is 0.900. The summed E-state index contributed by atoms with van der Waals surface area (Å²) in [6, 6.07) is 0. The Morgan fingerprint density at radius 3 is 2.08 bits per heavy atom. The lowest BCUT2D eigenvalue weighted by Gasteiger charge is -2.19. The fourth-order valence-corrected chi connectivity index (χ4v) is 0.767. The number of carbonyl (C=O) groups is 1. The van der Waals surface area contributed by atoms with Crippen molar-refractivity contribution in [1.29, 1.82) is 0 Å². The van der Waals surface area contributed by atoms with Gasteiger partial charge in [-0.3, -0.25) is 4.79 Å². The van der Waals surface area contributed by atoms with Crippen molar-refractivity contribution in [2.24, 2.45) is 11.8 Å². The monoisotopic (exact) mass is 172 g/mol. The second-order valence-corrected chi connectivity index (χ2v) is 3.68. The topological polar surface area (TPSA) is 26.3 Å². The zero-order valence-electron chi connectivity index (χ0n) is 8.76. The molecule has 0 heterocycles. The van der Waals surface area contributed by atoms with Crippen LogP contribution in [0.5, 0.6) is 0 Å². The predicted octanol–water partition coefficient (Wildman–Crippen LogP) is 2.62. The molecular weight excluding hydrogens is 152 g/mol. The van der Waals surface area contributed by atoms with Crippen molar-refractivity contribution in [3.05, 3.63) is 0 Å². The molecule has 2 heteroatoms. The van der Waals surface area contributed by atoms with E-state index in [4.69, 9.17) is 4.74 Å². The zero-order valence-corrected chi connectivity index (χ0v) is 8.76. The third kappa shape index (κ3) is 3.74. The maximum absolute atomic E-state index is 11.2. The highest BCUT2D eigenvalue weighted by Gasteiger charge is 2.16. The molecule has 0 fully saturated rings. The van der Waals surface area contributed by atoms with Gasteiger partial charge in [-0.15, -0.1) is 0 Å². The van der Waals surface area contributed by atoms with Gasteiger partial charge < -0.3 is 4.74 Å². The Hall–Kier alpha value is -0.530. The molecule has 0 bridgehead atoms. The van der Waals surface area contributed by atoms with Crippen LogP contribution in [0.25, 0.3) is 0 Å². The lowest BCUT2D eigenvalue weighted by atomic mass is 10.0. The maximum atomic E-state index is 11.2. The van der Waals surface area contributed by atoms with Crippen LogP contribution in [0.3, 0.4) is 0 Å². The molecule has 0 radical (unpaired) electrons. The van der Waals surface area contributed by atoms with Gasteiger partial charge in [0.2, 0.25) is 0 Å².